The Morgan fingerprint density at radius 1 is 1.14 bits per heavy atom. The van der Waals surface area contributed by atoms with Crippen LogP contribution in [-0.2, 0) is 9.59 Å². The van der Waals surface area contributed by atoms with Gasteiger partial charge in [-0.05, 0) is 52.0 Å². The third-order valence-electron chi connectivity index (χ3n) is 5.00. The third-order valence-corrected chi connectivity index (χ3v) is 5.00. The number of rotatable bonds is 3. The number of carbonyl (C=O) groups is 2. The summed E-state index contributed by atoms with van der Waals surface area (Å²) >= 11 is 0. The minimum Gasteiger partial charge on any atom is -0.353 e. The van der Waals surface area contributed by atoms with Gasteiger partial charge in [0, 0.05) is 31.1 Å². The molecule has 1 aliphatic carbocycles. The summed E-state index contributed by atoms with van der Waals surface area (Å²) in [5.41, 5.74) is 0. The molecule has 2 N–H and O–H groups in total. The zero-order valence-corrected chi connectivity index (χ0v) is 14.2. The van der Waals surface area contributed by atoms with Gasteiger partial charge in [-0.3, -0.25) is 9.59 Å². The van der Waals surface area contributed by atoms with Gasteiger partial charge < -0.3 is 15.5 Å². The fraction of sp³-hybridized carbons (Fsp3) is 0.875. The summed E-state index contributed by atoms with van der Waals surface area (Å²) in [5, 5.41) is 6.61. The van der Waals surface area contributed by atoms with E-state index in [1.165, 1.54) is 0 Å². The van der Waals surface area contributed by atoms with Crippen LogP contribution in [-0.4, -0.2) is 48.4 Å². The lowest BCUT2D eigenvalue weighted by atomic mass is 9.94. The van der Waals surface area contributed by atoms with Crippen LogP contribution < -0.4 is 10.6 Å². The molecule has 3 fully saturated rings. The molecule has 3 rings (SSSR count). The standard InChI is InChI=1S/C16H27N3O2.ClH/c1-11-9-14(6-7-17-11)18-15(20)13-3-2-8-19(10-13)16(21)12-4-5-12;/h11-14,17H,2-10H2,1H3,(H,18,20);1H. The van der Waals surface area contributed by atoms with Crippen molar-refractivity contribution in [3.63, 3.8) is 0 Å². The molecule has 3 aliphatic rings. The predicted molar refractivity (Wildman–Crippen MR) is 87.9 cm³/mol. The molecule has 5 nitrogen and oxygen atoms in total. The van der Waals surface area contributed by atoms with E-state index in [2.05, 4.69) is 17.6 Å². The van der Waals surface area contributed by atoms with Crippen LogP contribution >= 0.6 is 12.4 Å². The highest BCUT2D eigenvalue weighted by atomic mass is 35.5. The second-order valence-electron chi connectivity index (χ2n) is 6.98. The number of hydrogen-bond acceptors (Lipinski definition) is 3. The van der Waals surface area contributed by atoms with E-state index >= 15 is 0 Å². The normalized spacial score (nSPS) is 32.0. The van der Waals surface area contributed by atoms with Gasteiger partial charge in [0.2, 0.25) is 11.8 Å². The smallest absolute Gasteiger partial charge is 0.225 e. The molecule has 6 heteroatoms. The Kier molecular flexibility index (Phi) is 6.09. The van der Waals surface area contributed by atoms with Crippen molar-refractivity contribution in [3.8, 4) is 0 Å². The summed E-state index contributed by atoms with van der Waals surface area (Å²) in [6.45, 7) is 4.60. The molecule has 22 heavy (non-hydrogen) atoms. The Balaban J connectivity index is 0.00000176. The molecule has 0 radical (unpaired) electrons. The van der Waals surface area contributed by atoms with Gasteiger partial charge in [-0.2, -0.15) is 0 Å². The molecule has 126 valence electrons. The SMILES string of the molecule is CC1CC(NC(=O)C2CCCN(C(=O)C3CC3)C2)CCN1.Cl. The van der Waals surface area contributed by atoms with Gasteiger partial charge in [0.05, 0.1) is 5.92 Å². The van der Waals surface area contributed by atoms with Gasteiger partial charge in [-0.1, -0.05) is 0 Å². The van der Waals surface area contributed by atoms with Crippen molar-refractivity contribution < 1.29 is 9.59 Å². The van der Waals surface area contributed by atoms with E-state index in [1.54, 1.807) is 0 Å². The van der Waals surface area contributed by atoms with Crippen molar-refractivity contribution >= 4 is 24.2 Å². The van der Waals surface area contributed by atoms with E-state index in [9.17, 15) is 9.59 Å². The summed E-state index contributed by atoms with van der Waals surface area (Å²) in [5.74, 6) is 0.689. The first-order valence-corrected chi connectivity index (χ1v) is 8.46. The minimum atomic E-state index is -0.00774. The summed E-state index contributed by atoms with van der Waals surface area (Å²) in [7, 11) is 0. The third kappa shape index (κ3) is 4.35. The quantitative estimate of drug-likeness (QED) is 0.821. The second-order valence-corrected chi connectivity index (χ2v) is 6.98. The Bertz CT molecular complexity index is 414. The molecule has 2 aliphatic heterocycles. The fourth-order valence-electron chi connectivity index (χ4n) is 3.56. The first-order valence-electron chi connectivity index (χ1n) is 8.46. The van der Waals surface area contributed by atoms with E-state index in [-0.39, 0.29) is 36.1 Å². The monoisotopic (exact) mass is 329 g/mol. The lowest BCUT2D eigenvalue weighted by Gasteiger charge is -2.34. The number of nitrogens with one attached hydrogen (secondary N) is 2. The number of hydrogen-bond donors (Lipinski definition) is 2. The fourth-order valence-corrected chi connectivity index (χ4v) is 3.56. The number of carbonyl (C=O) groups excluding carboxylic acids is 2. The maximum atomic E-state index is 12.5. The van der Waals surface area contributed by atoms with Gasteiger partial charge in [-0.15, -0.1) is 12.4 Å². The van der Waals surface area contributed by atoms with Crippen LogP contribution in [0.25, 0.3) is 0 Å². The average Bonchev–Trinajstić information content (AvgIpc) is 3.31. The number of likely N-dealkylation sites (tertiary alicyclic amines) is 1. The first-order chi connectivity index (χ1) is 10.1. The molecule has 2 heterocycles. The summed E-state index contributed by atoms with van der Waals surface area (Å²) < 4.78 is 0. The van der Waals surface area contributed by atoms with Crippen LogP contribution in [0.15, 0.2) is 0 Å². The van der Waals surface area contributed by atoms with Crippen LogP contribution in [0.5, 0.6) is 0 Å². The number of piperidine rings is 2. The Morgan fingerprint density at radius 3 is 2.59 bits per heavy atom. The van der Waals surface area contributed by atoms with Crippen LogP contribution in [0.1, 0.15) is 45.4 Å². The largest absolute Gasteiger partial charge is 0.353 e. The van der Waals surface area contributed by atoms with Crippen LogP contribution in [0, 0.1) is 11.8 Å². The lowest BCUT2D eigenvalue weighted by Crippen LogP contribution is -2.51. The van der Waals surface area contributed by atoms with Crippen molar-refractivity contribution in [2.24, 2.45) is 11.8 Å². The Labute approximate surface area is 139 Å². The molecule has 0 spiro atoms. The molecule has 0 aromatic rings. The summed E-state index contributed by atoms with van der Waals surface area (Å²) in [6, 6.07) is 0.770. The van der Waals surface area contributed by atoms with Crippen LogP contribution in [0.4, 0.5) is 0 Å². The van der Waals surface area contributed by atoms with Gasteiger partial charge in [0.25, 0.3) is 0 Å². The highest BCUT2D eigenvalue weighted by molar-refractivity contribution is 5.85. The van der Waals surface area contributed by atoms with E-state index in [1.807, 2.05) is 4.90 Å². The van der Waals surface area contributed by atoms with Crippen LogP contribution in [0.2, 0.25) is 0 Å². The van der Waals surface area contributed by atoms with Crippen molar-refractivity contribution in [2.75, 3.05) is 19.6 Å². The van der Waals surface area contributed by atoms with Gasteiger partial charge in [0.15, 0.2) is 0 Å². The highest BCUT2D eigenvalue weighted by Gasteiger charge is 2.37. The first kappa shape index (κ1) is 17.5. The number of amides is 2. The topological polar surface area (TPSA) is 61.4 Å². The molecule has 3 unspecified atom stereocenters. The van der Waals surface area contributed by atoms with Crippen molar-refractivity contribution in [2.45, 2.75) is 57.5 Å². The maximum Gasteiger partial charge on any atom is 0.225 e. The summed E-state index contributed by atoms with van der Waals surface area (Å²) in [6.07, 6.45) is 5.97. The molecule has 2 saturated heterocycles. The molecular weight excluding hydrogens is 302 g/mol. The highest BCUT2D eigenvalue weighted by Crippen LogP contribution is 2.32. The second kappa shape index (κ2) is 7.64. The van der Waals surface area contributed by atoms with E-state index < -0.39 is 0 Å². The zero-order chi connectivity index (χ0) is 14.8. The lowest BCUT2D eigenvalue weighted by molar-refractivity contribution is -0.137. The maximum absolute atomic E-state index is 12.5. The molecule has 1 saturated carbocycles. The number of nitrogens with zero attached hydrogens (tertiary/aromatic N) is 1. The van der Waals surface area contributed by atoms with Gasteiger partial charge >= 0.3 is 0 Å². The van der Waals surface area contributed by atoms with Gasteiger partial charge in [-0.25, -0.2) is 0 Å². The Hall–Kier alpha value is -0.810. The molecule has 3 atom stereocenters. The minimum absolute atomic E-state index is 0. The molecule has 0 aromatic carbocycles. The average molecular weight is 330 g/mol. The van der Waals surface area contributed by atoms with E-state index in [0.29, 0.717) is 18.6 Å². The van der Waals surface area contributed by atoms with Crippen molar-refractivity contribution in [3.05, 3.63) is 0 Å². The van der Waals surface area contributed by atoms with E-state index in [0.717, 1.165) is 51.6 Å². The van der Waals surface area contributed by atoms with Gasteiger partial charge in [0.1, 0.15) is 0 Å². The van der Waals surface area contributed by atoms with Crippen molar-refractivity contribution in [1.29, 1.82) is 0 Å². The number of halogens is 1. The molecule has 2 amide bonds. The van der Waals surface area contributed by atoms with E-state index in [4.69, 9.17) is 0 Å². The van der Waals surface area contributed by atoms with Crippen molar-refractivity contribution in [1.82, 2.24) is 15.5 Å². The molecule has 0 aromatic heterocycles. The molecule has 0 bridgehead atoms. The zero-order valence-electron chi connectivity index (χ0n) is 13.3. The van der Waals surface area contributed by atoms with Crippen LogP contribution in [0.3, 0.4) is 0 Å². The summed E-state index contributed by atoms with van der Waals surface area (Å²) in [4.78, 5) is 26.5. The Morgan fingerprint density at radius 2 is 1.91 bits per heavy atom. The molecular formula is C16H28ClN3O2. The predicted octanol–water partition coefficient (Wildman–Crippen LogP) is 1.31.